The summed E-state index contributed by atoms with van der Waals surface area (Å²) in [6.45, 7) is 9.13. The predicted molar refractivity (Wildman–Crippen MR) is 48.3 cm³/mol. The Kier molecular flexibility index (Phi) is 5.12. The largest absolute Gasteiger partial charge is 0.352 e. The molecule has 12 heavy (non-hydrogen) atoms. The average Bonchev–Trinajstić information content (AvgIpc) is 2.04. The molecule has 0 aromatic heterocycles. The van der Waals surface area contributed by atoms with Gasteiger partial charge in [0.05, 0.1) is 0 Å². The standard InChI is InChI=1S/C8H16N3O/c1-4-7(10-8(9)12)11(5-2)6-3/h7H,1,5-6H2,2-3H3,(H3,9,10,12). The molecule has 1 radical (unpaired) electrons. The van der Waals surface area contributed by atoms with Gasteiger partial charge >= 0.3 is 6.03 Å². The minimum atomic E-state index is -0.553. The maximum atomic E-state index is 10.5. The van der Waals surface area contributed by atoms with Crippen molar-refractivity contribution in [2.45, 2.75) is 20.0 Å². The molecule has 0 heterocycles. The maximum Gasteiger partial charge on any atom is 0.313 e. The fourth-order valence-corrected chi connectivity index (χ4v) is 0.995. The Morgan fingerprint density at radius 1 is 1.67 bits per heavy atom. The Morgan fingerprint density at radius 3 is 2.42 bits per heavy atom. The molecule has 0 rings (SSSR count). The monoisotopic (exact) mass is 170 g/mol. The molecule has 0 fully saturated rings. The second-order valence-electron chi connectivity index (χ2n) is 2.34. The minimum Gasteiger partial charge on any atom is -0.352 e. The smallest absolute Gasteiger partial charge is 0.313 e. The number of hydrogen-bond acceptors (Lipinski definition) is 2. The van der Waals surface area contributed by atoms with E-state index in [1.807, 2.05) is 18.7 Å². The minimum absolute atomic E-state index is 0.280. The summed E-state index contributed by atoms with van der Waals surface area (Å²) in [7, 11) is 0. The highest BCUT2D eigenvalue weighted by Gasteiger charge is 2.12. The molecule has 1 unspecified atom stereocenters. The Balaban J connectivity index is 4.10. The zero-order valence-electron chi connectivity index (χ0n) is 7.63. The number of urea groups is 1. The van der Waals surface area contributed by atoms with Crippen molar-refractivity contribution >= 4 is 6.03 Å². The van der Waals surface area contributed by atoms with Gasteiger partial charge in [-0.3, -0.25) is 4.90 Å². The van der Waals surface area contributed by atoms with Crippen LogP contribution >= 0.6 is 0 Å². The molecule has 0 aliphatic carbocycles. The lowest BCUT2D eigenvalue weighted by atomic mass is 10.4. The average molecular weight is 170 g/mol. The normalized spacial score (nSPS) is 12.6. The molecule has 0 aromatic rings. The number of primary amides is 1. The highest BCUT2D eigenvalue weighted by molar-refractivity contribution is 5.72. The zero-order chi connectivity index (χ0) is 9.56. The third kappa shape index (κ3) is 3.39. The van der Waals surface area contributed by atoms with Crippen LogP contribution < -0.4 is 11.1 Å². The SMILES string of the molecule is C=[C]C(NC(N)=O)N(CC)CC. The van der Waals surface area contributed by atoms with Gasteiger partial charge in [-0.05, 0) is 19.2 Å². The van der Waals surface area contributed by atoms with Crippen LogP contribution in [0.5, 0.6) is 0 Å². The van der Waals surface area contributed by atoms with Crippen molar-refractivity contribution in [1.82, 2.24) is 10.2 Å². The van der Waals surface area contributed by atoms with E-state index in [2.05, 4.69) is 18.0 Å². The number of amides is 2. The lowest BCUT2D eigenvalue weighted by Gasteiger charge is -2.26. The summed E-state index contributed by atoms with van der Waals surface area (Å²) in [4.78, 5) is 12.5. The number of likely N-dealkylation sites (N-methyl/N-ethyl adjacent to an activating group) is 1. The first-order valence-electron chi connectivity index (χ1n) is 3.98. The van der Waals surface area contributed by atoms with Gasteiger partial charge in [0.15, 0.2) is 0 Å². The van der Waals surface area contributed by atoms with Crippen LogP contribution in [0.3, 0.4) is 0 Å². The lowest BCUT2D eigenvalue weighted by molar-refractivity contribution is 0.204. The summed E-state index contributed by atoms with van der Waals surface area (Å²) in [5, 5.41) is 2.52. The van der Waals surface area contributed by atoms with Crippen LogP contribution in [-0.4, -0.2) is 30.2 Å². The third-order valence-corrected chi connectivity index (χ3v) is 1.65. The van der Waals surface area contributed by atoms with Gasteiger partial charge in [0.25, 0.3) is 0 Å². The molecule has 4 nitrogen and oxygen atoms in total. The van der Waals surface area contributed by atoms with Gasteiger partial charge in [-0.25, -0.2) is 4.79 Å². The van der Waals surface area contributed by atoms with Crippen LogP contribution in [0.15, 0.2) is 6.58 Å². The van der Waals surface area contributed by atoms with E-state index >= 15 is 0 Å². The molecule has 0 spiro atoms. The van der Waals surface area contributed by atoms with E-state index in [9.17, 15) is 4.79 Å². The van der Waals surface area contributed by atoms with Crippen molar-refractivity contribution in [2.75, 3.05) is 13.1 Å². The van der Waals surface area contributed by atoms with Crippen molar-refractivity contribution < 1.29 is 4.79 Å². The molecule has 0 aliphatic rings. The van der Waals surface area contributed by atoms with E-state index in [0.29, 0.717) is 0 Å². The van der Waals surface area contributed by atoms with Crippen molar-refractivity contribution in [3.05, 3.63) is 12.7 Å². The van der Waals surface area contributed by atoms with Gasteiger partial charge in [-0.1, -0.05) is 20.4 Å². The first-order valence-corrected chi connectivity index (χ1v) is 3.98. The molecule has 0 bridgehead atoms. The molecule has 69 valence electrons. The number of nitrogens with zero attached hydrogens (tertiary/aromatic N) is 1. The molecule has 0 aliphatic heterocycles. The Bertz CT molecular complexity index is 154. The van der Waals surface area contributed by atoms with Gasteiger partial charge in [0.1, 0.15) is 6.17 Å². The molecule has 0 saturated carbocycles. The van der Waals surface area contributed by atoms with Crippen LogP contribution in [0.25, 0.3) is 0 Å². The predicted octanol–water partition coefficient (Wildman–Crippen LogP) is 0.312. The van der Waals surface area contributed by atoms with Crippen molar-refractivity contribution in [2.24, 2.45) is 5.73 Å². The summed E-state index contributed by atoms with van der Waals surface area (Å²) in [6, 6.07) is -0.553. The van der Waals surface area contributed by atoms with E-state index in [-0.39, 0.29) is 6.17 Å². The Hall–Kier alpha value is -1.03. The number of hydrogen-bond donors (Lipinski definition) is 2. The van der Waals surface area contributed by atoms with E-state index in [1.54, 1.807) is 0 Å². The fraction of sp³-hybridized carbons (Fsp3) is 0.625. The van der Waals surface area contributed by atoms with E-state index in [1.165, 1.54) is 0 Å². The third-order valence-electron chi connectivity index (χ3n) is 1.65. The second-order valence-corrected chi connectivity index (χ2v) is 2.34. The van der Waals surface area contributed by atoms with Gasteiger partial charge in [-0.2, -0.15) is 0 Å². The van der Waals surface area contributed by atoms with Crippen LogP contribution in [-0.2, 0) is 0 Å². The first-order chi connectivity index (χ1) is 5.65. The molecule has 1 atom stereocenters. The fourth-order valence-electron chi connectivity index (χ4n) is 0.995. The second kappa shape index (κ2) is 5.60. The molecule has 0 saturated heterocycles. The number of rotatable bonds is 5. The zero-order valence-corrected chi connectivity index (χ0v) is 7.63. The molecule has 0 aromatic carbocycles. The summed E-state index contributed by atoms with van der Waals surface area (Å²) >= 11 is 0. The highest BCUT2D eigenvalue weighted by Crippen LogP contribution is 1.94. The van der Waals surface area contributed by atoms with E-state index in [0.717, 1.165) is 13.1 Å². The lowest BCUT2D eigenvalue weighted by Crippen LogP contribution is -2.48. The number of nitrogens with one attached hydrogen (secondary N) is 1. The van der Waals surface area contributed by atoms with Gasteiger partial charge < -0.3 is 11.1 Å². The van der Waals surface area contributed by atoms with E-state index < -0.39 is 6.03 Å². The quantitative estimate of drug-likeness (QED) is 0.583. The molecule has 2 amide bonds. The Morgan fingerprint density at radius 2 is 2.17 bits per heavy atom. The highest BCUT2D eigenvalue weighted by atomic mass is 16.2. The topological polar surface area (TPSA) is 58.4 Å². The van der Waals surface area contributed by atoms with Crippen molar-refractivity contribution in [3.8, 4) is 0 Å². The van der Waals surface area contributed by atoms with Gasteiger partial charge in [0, 0.05) is 0 Å². The van der Waals surface area contributed by atoms with Gasteiger partial charge in [0.2, 0.25) is 0 Å². The first kappa shape index (κ1) is 11.0. The van der Waals surface area contributed by atoms with Crippen LogP contribution in [0.4, 0.5) is 4.79 Å². The molecular weight excluding hydrogens is 154 g/mol. The summed E-state index contributed by atoms with van der Waals surface area (Å²) < 4.78 is 0. The van der Waals surface area contributed by atoms with E-state index in [4.69, 9.17) is 5.73 Å². The number of carbonyl (C=O) groups is 1. The summed E-state index contributed by atoms with van der Waals surface area (Å²) in [5.41, 5.74) is 4.97. The molecule has 3 N–H and O–H groups in total. The van der Waals surface area contributed by atoms with Crippen molar-refractivity contribution in [3.63, 3.8) is 0 Å². The summed E-state index contributed by atoms with van der Waals surface area (Å²) in [6.07, 6.45) is 2.42. The van der Waals surface area contributed by atoms with Gasteiger partial charge in [-0.15, -0.1) is 0 Å². The van der Waals surface area contributed by atoms with Crippen molar-refractivity contribution in [1.29, 1.82) is 0 Å². The Labute approximate surface area is 73.4 Å². The van der Waals surface area contributed by atoms with Crippen LogP contribution in [0.2, 0.25) is 0 Å². The maximum absolute atomic E-state index is 10.5. The molecule has 4 heteroatoms. The van der Waals surface area contributed by atoms with Crippen LogP contribution in [0.1, 0.15) is 13.8 Å². The summed E-state index contributed by atoms with van der Waals surface area (Å²) in [5.74, 6) is 0. The van der Waals surface area contributed by atoms with Crippen LogP contribution in [0, 0.1) is 6.08 Å². The molecular formula is C8H16N3O. The number of carbonyl (C=O) groups excluding carboxylic acids is 1. The number of nitrogens with two attached hydrogens (primary N) is 1.